The molecule has 1 unspecified atom stereocenters. The third-order valence-corrected chi connectivity index (χ3v) is 3.86. The van der Waals surface area contributed by atoms with Gasteiger partial charge in [-0.15, -0.1) is 0 Å². The summed E-state index contributed by atoms with van der Waals surface area (Å²) in [4.78, 5) is 2.44. The number of hydrogen-bond donors (Lipinski definition) is 1. The van der Waals surface area contributed by atoms with Crippen LogP contribution in [0.2, 0.25) is 0 Å². The Morgan fingerprint density at radius 3 is 2.74 bits per heavy atom. The predicted octanol–water partition coefficient (Wildman–Crippen LogP) is 2.58. The molecular formula is C15H23FN2O. The lowest BCUT2D eigenvalue weighted by molar-refractivity contribution is 0.308. The maximum absolute atomic E-state index is 14.0. The van der Waals surface area contributed by atoms with E-state index in [-0.39, 0.29) is 11.9 Å². The second kappa shape index (κ2) is 6.87. The zero-order valence-corrected chi connectivity index (χ0v) is 11.8. The molecule has 1 atom stereocenters. The first kappa shape index (κ1) is 14.3. The highest BCUT2D eigenvalue weighted by molar-refractivity contribution is 5.37. The van der Waals surface area contributed by atoms with Crippen molar-refractivity contribution in [3.05, 3.63) is 29.6 Å². The second-order valence-electron chi connectivity index (χ2n) is 5.03. The van der Waals surface area contributed by atoms with E-state index in [0.717, 1.165) is 13.0 Å². The van der Waals surface area contributed by atoms with E-state index < -0.39 is 0 Å². The van der Waals surface area contributed by atoms with Gasteiger partial charge in [0.05, 0.1) is 7.11 Å². The molecule has 4 heteroatoms. The molecule has 1 fully saturated rings. The summed E-state index contributed by atoms with van der Waals surface area (Å²) in [6.07, 6.45) is 3.47. The summed E-state index contributed by atoms with van der Waals surface area (Å²) in [6, 6.07) is 5.00. The van der Waals surface area contributed by atoms with Gasteiger partial charge in [0, 0.05) is 11.6 Å². The van der Waals surface area contributed by atoms with Crippen LogP contribution in [-0.4, -0.2) is 38.7 Å². The first-order valence-electron chi connectivity index (χ1n) is 6.98. The molecule has 0 amide bonds. The van der Waals surface area contributed by atoms with Gasteiger partial charge in [0.15, 0.2) is 0 Å². The van der Waals surface area contributed by atoms with Gasteiger partial charge in [-0.3, -0.25) is 0 Å². The fourth-order valence-electron chi connectivity index (χ4n) is 2.78. The molecular weight excluding hydrogens is 243 g/mol. The Morgan fingerprint density at radius 2 is 2.11 bits per heavy atom. The third kappa shape index (κ3) is 3.45. The summed E-state index contributed by atoms with van der Waals surface area (Å²) in [7, 11) is 3.46. The molecule has 1 saturated heterocycles. The summed E-state index contributed by atoms with van der Waals surface area (Å²) in [6.45, 7) is 3.35. The normalized spacial score (nSPS) is 17.6. The Bertz CT molecular complexity index is 405. The molecule has 0 aliphatic carbocycles. The Kier molecular flexibility index (Phi) is 5.16. The summed E-state index contributed by atoms with van der Waals surface area (Å²) in [5.74, 6) is 0.431. The van der Waals surface area contributed by atoms with Gasteiger partial charge in [-0.2, -0.15) is 0 Å². The van der Waals surface area contributed by atoms with Gasteiger partial charge in [0.1, 0.15) is 11.6 Å². The van der Waals surface area contributed by atoms with Crippen LogP contribution in [0.4, 0.5) is 4.39 Å². The topological polar surface area (TPSA) is 24.5 Å². The Morgan fingerprint density at radius 1 is 1.37 bits per heavy atom. The molecule has 3 nitrogen and oxygen atoms in total. The van der Waals surface area contributed by atoms with E-state index in [1.165, 1.54) is 32.0 Å². The number of likely N-dealkylation sites (tertiary alicyclic amines) is 1. The SMILES string of the molecule is CNC(CCN1CCCC1)c1c(F)cccc1OC. The highest BCUT2D eigenvalue weighted by atomic mass is 19.1. The number of nitrogens with zero attached hydrogens (tertiary/aromatic N) is 1. The van der Waals surface area contributed by atoms with Gasteiger partial charge >= 0.3 is 0 Å². The van der Waals surface area contributed by atoms with Gasteiger partial charge < -0.3 is 15.0 Å². The average Bonchev–Trinajstić information content (AvgIpc) is 2.94. The van der Waals surface area contributed by atoms with Crippen molar-refractivity contribution in [1.82, 2.24) is 10.2 Å². The molecule has 1 aliphatic rings. The van der Waals surface area contributed by atoms with E-state index in [9.17, 15) is 4.39 Å². The smallest absolute Gasteiger partial charge is 0.131 e. The summed E-state index contributed by atoms with van der Waals surface area (Å²) in [5.41, 5.74) is 0.645. The van der Waals surface area contributed by atoms with Crippen molar-refractivity contribution in [2.75, 3.05) is 33.8 Å². The second-order valence-corrected chi connectivity index (χ2v) is 5.03. The number of hydrogen-bond acceptors (Lipinski definition) is 3. The quantitative estimate of drug-likeness (QED) is 0.856. The molecule has 2 rings (SSSR count). The van der Waals surface area contributed by atoms with Crippen molar-refractivity contribution in [2.45, 2.75) is 25.3 Å². The van der Waals surface area contributed by atoms with Gasteiger partial charge in [-0.1, -0.05) is 6.07 Å². The van der Waals surface area contributed by atoms with Crippen molar-refractivity contribution in [1.29, 1.82) is 0 Å². The van der Waals surface area contributed by atoms with Crippen LogP contribution in [0.5, 0.6) is 5.75 Å². The minimum Gasteiger partial charge on any atom is -0.496 e. The van der Waals surface area contributed by atoms with Crippen LogP contribution in [0.25, 0.3) is 0 Å². The average molecular weight is 266 g/mol. The van der Waals surface area contributed by atoms with Crippen LogP contribution in [0.15, 0.2) is 18.2 Å². The predicted molar refractivity (Wildman–Crippen MR) is 75.0 cm³/mol. The summed E-state index contributed by atoms with van der Waals surface area (Å²) >= 11 is 0. The highest BCUT2D eigenvalue weighted by Crippen LogP contribution is 2.30. The molecule has 106 valence electrons. The Labute approximate surface area is 114 Å². The maximum Gasteiger partial charge on any atom is 0.131 e. The van der Waals surface area contributed by atoms with E-state index in [1.54, 1.807) is 13.2 Å². The Balaban J connectivity index is 2.07. The molecule has 1 aromatic rings. The lowest BCUT2D eigenvalue weighted by Crippen LogP contribution is -2.27. The van der Waals surface area contributed by atoms with Crippen LogP contribution >= 0.6 is 0 Å². The van der Waals surface area contributed by atoms with E-state index in [2.05, 4.69) is 10.2 Å². The van der Waals surface area contributed by atoms with E-state index >= 15 is 0 Å². The number of halogens is 1. The van der Waals surface area contributed by atoms with Crippen molar-refractivity contribution in [3.8, 4) is 5.75 Å². The van der Waals surface area contributed by atoms with E-state index in [4.69, 9.17) is 4.74 Å². The lowest BCUT2D eigenvalue weighted by Gasteiger charge is -2.23. The van der Waals surface area contributed by atoms with E-state index in [1.807, 2.05) is 13.1 Å². The monoisotopic (exact) mass is 266 g/mol. The lowest BCUT2D eigenvalue weighted by atomic mass is 10.0. The highest BCUT2D eigenvalue weighted by Gasteiger charge is 2.20. The Hall–Kier alpha value is -1.13. The first-order valence-corrected chi connectivity index (χ1v) is 6.98. The molecule has 0 spiro atoms. The first-order chi connectivity index (χ1) is 9.26. The molecule has 1 heterocycles. The van der Waals surface area contributed by atoms with Crippen molar-refractivity contribution in [3.63, 3.8) is 0 Å². The van der Waals surface area contributed by atoms with Crippen LogP contribution in [-0.2, 0) is 0 Å². The van der Waals surface area contributed by atoms with Crippen molar-refractivity contribution < 1.29 is 9.13 Å². The van der Waals surface area contributed by atoms with Crippen LogP contribution in [0.3, 0.4) is 0 Å². The number of ether oxygens (including phenoxy) is 1. The fraction of sp³-hybridized carbons (Fsp3) is 0.600. The van der Waals surface area contributed by atoms with Crippen molar-refractivity contribution >= 4 is 0 Å². The van der Waals surface area contributed by atoms with E-state index in [0.29, 0.717) is 11.3 Å². The maximum atomic E-state index is 14.0. The molecule has 0 bridgehead atoms. The molecule has 0 saturated carbocycles. The fourth-order valence-corrected chi connectivity index (χ4v) is 2.78. The number of benzene rings is 1. The van der Waals surface area contributed by atoms with Crippen LogP contribution in [0.1, 0.15) is 30.9 Å². The summed E-state index contributed by atoms with van der Waals surface area (Å²) < 4.78 is 19.3. The van der Waals surface area contributed by atoms with Gasteiger partial charge in [-0.25, -0.2) is 4.39 Å². The van der Waals surface area contributed by atoms with Crippen LogP contribution in [0, 0.1) is 5.82 Å². The minimum atomic E-state index is -0.194. The zero-order chi connectivity index (χ0) is 13.7. The molecule has 0 aromatic heterocycles. The number of nitrogens with one attached hydrogen (secondary N) is 1. The largest absolute Gasteiger partial charge is 0.496 e. The number of rotatable bonds is 6. The van der Waals surface area contributed by atoms with Gasteiger partial charge in [0.2, 0.25) is 0 Å². The van der Waals surface area contributed by atoms with Gasteiger partial charge in [-0.05, 0) is 58.1 Å². The zero-order valence-electron chi connectivity index (χ0n) is 11.8. The number of methoxy groups -OCH3 is 1. The summed E-state index contributed by atoms with van der Waals surface area (Å²) in [5, 5.41) is 3.21. The molecule has 1 aliphatic heterocycles. The van der Waals surface area contributed by atoms with Crippen molar-refractivity contribution in [2.24, 2.45) is 0 Å². The third-order valence-electron chi connectivity index (χ3n) is 3.86. The van der Waals surface area contributed by atoms with Gasteiger partial charge in [0.25, 0.3) is 0 Å². The van der Waals surface area contributed by atoms with Crippen LogP contribution < -0.4 is 10.1 Å². The molecule has 1 N–H and O–H groups in total. The standard InChI is InChI=1S/C15H23FN2O/c1-17-13(8-11-18-9-3-4-10-18)15-12(16)6-5-7-14(15)19-2/h5-7,13,17H,3-4,8-11H2,1-2H3. The minimum absolute atomic E-state index is 0.00301. The molecule has 19 heavy (non-hydrogen) atoms. The molecule has 0 radical (unpaired) electrons. The molecule has 1 aromatic carbocycles.